The maximum Gasteiger partial charge on any atom is 0.511 e. The van der Waals surface area contributed by atoms with Gasteiger partial charge in [-0.2, -0.15) is 13.2 Å². The molecule has 0 heterocycles. The van der Waals surface area contributed by atoms with Crippen molar-refractivity contribution in [2.24, 2.45) is 0 Å². The zero-order valence-electron chi connectivity index (χ0n) is 12.8. The van der Waals surface area contributed by atoms with Gasteiger partial charge in [-0.25, -0.2) is 13.1 Å². The van der Waals surface area contributed by atoms with Crippen molar-refractivity contribution < 1.29 is 26.0 Å². The smallest absolute Gasteiger partial charge is 0.409 e. The lowest BCUT2D eigenvalue weighted by Crippen LogP contribution is -2.46. The van der Waals surface area contributed by atoms with Gasteiger partial charge in [-0.15, -0.1) is 0 Å². The Bertz CT molecular complexity index is 585. The highest BCUT2D eigenvalue weighted by Gasteiger charge is 2.47. The van der Waals surface area contributed by atoms with Crippen LogP contribution in [0.5, 0.6) is 0 Å². The molecule has 0 aromatic heterocycles. The van der Waals surface area contributed by atoms with Crippen LogP contribution >= 0.6 is 0 Å². The minimum atomic E-state index is -5.42. The molecule has 0 unspecified atom stereocenters. The molecule has 126 valence electrons. The Morgan fingerprint density at radius 3 is 2.05 bits per heavy atom. The van der Waals surface area contributed by atoms with Crippen LogP contribution in [-0.4, -0.2) is 28.3 Å². The van der Waals surface area contributed by atoms with E-state index >= 15 is 0 Å². The monoisotopic (exact) mass is 355 g/mol. The Balaban J connectivity index is 3.07. The molecule has 0 aliphatic heterocycles. The summed E-state index contributed by atoms with van der Waals surface area (Å²) >= 11 is 0. The maximum absolute atomic E-state index is 12.5. The van der Waals surface area contributed by atoms with E-state index in [2.05, 4.69) is 0 Å². The first-order valence-electron chi connectivity index (χ1n) is 6.65. The minimum Gasteiger partial charge on any atom is -0.409 e. The fourth-order valence-electron chi connectivity index (χ4n) is 1.86. The van der Waals surface area contributed by atoms with E-state index in [1.807, 2.05) is 19.6 Å². The predicted molar refractivity (Wildman–Crippen MR) is 81.2 cm³/mol. The second-order valence-electron chi connectivity index (χ2n) is 5.92. The Labute approximate surface area is 129 Å². The quantitative estimate of drug-likeness (QED) is 0.796. The van der Waals surface area contributed by atoms with E-state index in [1.165, 1.54) is 6.92 Å². The van der Waals surface area contributed by atoms with Crippen LogP contribution < -0.4 is 4.72 Å². The molecule has 2 atom stereocenters. The average Bonchev–Trinajstić information content (AvgIpc) is 2.34. The normalized spacial score (nSPS) is 16.3. The topological polar surface area (TPSA) is 55.4 Å². The van der Waals surface area contributed by atoms with Crippen LogP contribution in [0.1, 0.15) is 18.6 Å². The summed E-state index contributed by atoms with van der Waals surface area (Å²) in [6, 6.07) is 7.55. The van der Waals surface area contributed by atoms with Crippen molar-refractivity contribution in [3.63, 3.8) is 0 Å². The lowest BCUT2D eigenvalue weighted by Gasteiger charge is -2.31. The molecule has 1 aromatic carbocycles. The van der Waals surface area contributed by atoms with Crippen LogP contribution in [0.4, 0.5) is 13.2 Å². The van der Waals surface area contributed by atoms with Crippen molar-refractivity contribution in [3.05, 3.63) is 35.9 Å². The number of sulfonamides is 1. The van der Waals surface area contributed by atoms with Crippen LogP contribution in [0.15, 0.2) is 30.3 Å². The first kappa shape index (κ1) is 19.1. The van der Waals surface area contributed by atoms with Crippen LogP contribution in [0.25, 0.3) is 0 Å². The summed E-state index contributed by atoms with van der Waals surface area (Å²) in [5.41, 5.74) is -4.72. The van der Waals surface area contributed by atoms with Crippen LogP contribution in [0.2, 0.25) is 19.6 Å². The second-order valence-corrected chi connectivity index (χ2v) is 12.1. The summed E-state index contributed by atoms with van der Waals surface area (Å²) in [6.45, 7) is 7.01. The summed E-state index contributed by atoms with van der Waals surface area (Å²) in [5, 5.41) is 0. The van der Waals surface area contributed by atoms with Gasteiger partial charge >= 0.3 is 15.5 Å². The minimum absolute atomic E-state index is 0.627. The van der Waals surface area contributed by atoms with Crippen molar-refractivity contribution in [2.45, 2.75) is 44.2 Å². The van der Waals surface area contributed by atoms with Gasteiger partial charge in [0.15, 0.2) is 8.32 Å². The zero-order valence-corrected chi connectivity index (χ0v) is 14.6. The van der Waals surface area contributed by atoms with E-state index in [-0.39, 0.29) is 0 Å². The van der Waals surface area contributed by atoms with Gasteiger partial charge in [0.25, 0.3) is 0 Å². The third-order valence-corrected chi connectivity index (χ3v) is 4.96. The summed E-state index contributed by atoms with van der Waals surface area (Å²) in [4.78, 5) is 0. The highest BCUT2D eigenvalue weighted by atomic mass is 32.2. The molecular formula is C13H20F3NO3SSi. The molecule has 0 amide bonds. The highest BCUT2D eigenvalue weighted by Crippen LogP contribution is 2.28. The largest absolute Gasteiger partial charge is 0.511 e. The van der Waals surface area contributed by atoms with Gasteiger partial charge in [0.1, 0.15) is 0 Å². The lowest BCUT2D eigenvalue weighted by atomic mass is 10.0. The number of rotatable bonds is 6. The third kappa shape index (κ3) is 5.38. The van der Waals surface area contributed by atoms with Crippen molar-refractivity contribution in [1.29, 1.82) is 0 Å². The van der Waals surface area contributed by atoms with E-state index < -0.39 is 36.0 Å². The molecule has 0 saturated heterocycles. The van der Waals surface area contributed by atoms with E-state index in [1.54, 1.807) is 35.1 Å². The van der Waals surface area contributed by atoms with Gasteiger partial charge in [0, 0.05) is 6.04 Å². The van der Waals surface area contributed by atoms with Crippen molar-refractivity contribution in [1.82, 2.24) is 4.72 Å². The standard InChI is InChI=1S/C13H20F3NO3SSi/c1-10(17-21(18,19)13(14,15)16)12(20-22(2,3)4)11-8-6-5-7-9-11/h5-10,12,17H,1-4H3/t10-,12+/m0/s1. The molecule has 0 aliphatic carbocycles. The third-order valence-electron chi connectivity index (χ3n) is 2.71. The number of benzene rings is 1. The maximum atomic E-state index is 12.5. The van der Waals surface area contributed by atoms with E-state index in [4.69, 9.17) is 4.43 Å². The Hall–Kier alpha value is -0.903. The molecule has 0 radical (unpaired) electrons. The number of hydrogen-bond donors (Lipinski definition) is 1. The molecule has 0 aliphatic rings. The summed E-state index contributed by atoms with van der Waals surface area (Å²) < 4.78 is 67.7. The first-order chi connectivity index (χ1) is 9.83. The van der Waals surface area contributed by atoms with Gasteiger partial charge in [-0.1, -0.05) is 30.3 Å². The molecule has 0 bridgehead atoms. The summed E-state index contributed by atoms with van der Waals surface area (Å²) in [7, 11) is -7.52. The van der Waals surface area contributed by atoms with E-state index in [9.17, 15) is 21.6 Å². The van der Waals surface area contributed by atoms with Gasteiger partial charge in [-0.05, 0) is 32.1 Å². The molecule has 1 aromatic rings. The fourth-order valence-corrected chi connectivity index (χ4v) is 3.70. The number of alkyl halides is 3. The molecular weight excluding hydrogens is 335 g/mol. The molecule has 4 nitrogen and oxygen atoms in total. The molecule has 9 heteroatoms. The number of hydrogen-bond acceptors (Lipinski definition) is 3. The van der Waals surface area contributed by atoms with Gasteiger partial charge < -0.3 is 4.43 Å². The average molecular weight is 355 g/mol. The number of halogens is 3. The predicted octanol–water partition coefficient (Wildman–Crippen LogP) is 3.41. The molecule has 0 spiro atoms. The zero-order chi connectivity index (χ0) is 17.2. The van der Waals surface area contributed by atoms with Crippen LogP contribution in [0.3, 0.4) is 0 Å². The summed E-state index contributed by atoms with van der Waals surface area (Å²) in [6.07, 6.45) is -0.787. The Morgan fingerprint density at radius 2 is 1.64 bits per heavy atom. The molecule has 0 saturated carbocycles. The highest BCUT2D eigenvalue weighted by molar-refractivity contribution is 7.90. The first-order valence-corrected chi connectivity index (χ1v) is 11.5. The second kappa shape index (κ2) is 6.69. The molecule has 1 N–H and O–H groups in total. The van der Waals surface area contributed by atoms with Crippen LogP contribution in [-0.2, 0) is 14.4 Å². The van der Waals surface area contributed by atoms with Crippen molar-refractivity contribution in [3.8, 4) is 0 Å². The molecule has 22 heavy (non-hydrogen) atoms. The SMILES string of the molecule is C[C@H](NS(=O)(=O)C(F)(F)F)[C@@H](O[Si](C)(C)C)c1ccccc1. The summed E-state index contributed by atoms with van der Waals surface area (Å²) in [5.74, 6) is 0. The Kier molecular flexibility index (Phi) is 5.82. The lowest BCUT2D eigenvalue weighted by molar-refractivity contribution is -0.0454. The Morgan fingerprint density at radius 1 is 1.14 bits per heavy atom. The van der Waals surface area contributed by atoms with Crippen molar-refractivity contribution in [2.75, 3.05) is 0 Å². The molecule has 0 fully saturated rings. The number of nitrogens with one attached hydrogen (secondary N) is 1. The van der Waals surface area contributed by atoms with Crippen LogP contribution in [0, 0.1) is 0 Å². The van der Waals surface area contributed by atoms with Gasteiger partial charge in [0.2, 0.25) is 0 Å². The van der Waals surface area contributed by atoms with Gasteiger partial charge in [0.05, 0.1) is 6.10 Å². The van der Waals surface area contributed by atoms with E-state index in [0.717, 1.165) is 0 Å². The van der Waals surface area contributed by atoms with Gasteiger partial charge in [-0.3, -0.25) is 0 Å². The van der Waals surface area contributed by atoms with E-state index in [0.29, 0.717) is 5.56 Å². The molecule has 1 rings (SSSR count). The fraction of sp³-hybridized carbons (Fsp3) is 0.538. The van der Waals surface area contributed by atoms with Crippen molar-refractivity contribution >= 4 is 18.3 Å².